The largest absolute Gasteiger partial charge is 0.475 e. The molecular formula is C44H78Cl3N2O9P. The highest BCUT2D eigenvalue weighted by Gasteiger charge is 2.53. The zero-order chi connectivity index (χ0) is 43.8. The summed E-state index contributed by atoms with van der Waals surface area (Å²) in [6.07, 6.45) is 25.5. The van der Waals surface area contributed by atoms with Crippen molar-refractivity contribution < 1.29 is 41.9 Å². The topological polar surface area (TPSA) is 135 Å². The first-order valence-electron chi connectivity index (χ1n) is 22.2. The second kappa shape index (κ2) is 34.5. The molecule has 1 aliphatic heterocycles. The molecule has 0 aromatic rings. The summed E-state index contributed by atoms with van der Waals surface area (Å²) in [6.45, 7) is 13.8. The number of phosphoric ester groups is 1. The number of amides is 1. The number of unbranched alkanes of at least 4 members (excludes halogenated alkanes) is 15. The normalized spacial score (nSPS) is 20.4. The minimum atomic E-state index is -4.30. The summed E-state index contributed by atoms with van der Waals surface area (Å²) in [4.78, 5) is 13.7. The number of carbonyl (C=O) groups is 1. The maximum atomic E-state index is 14.0. The predicted molar refractivity (Wildman–Crippen MR) is 243 cm³/mol. The van der Waals surface area contributed by atoms with E-state index in [1.165, 1.54) is 96.3 Å². The van der Waals surface area contributed by atoms with Crippen LogP contribution in [0.3, 0.4) is 0 Å². The van der Waals surface area contributed by atoms with Crippen molar-refractivity contribution in [2.24, 2.45) is 5.92 Å². The van der Waals surface area contributed by atoms with E-state index in [-0.39, 0.29) is 38.8 Å². The molecule has 0 aromatic heterocycles. The third-order valence-corrected chi connectivity index (χ3v) is 12.1. The van der Waals surface area contributed by atoms with Gasteiger partial charge in [0.2, 0.25) is 18.1 Å². The van der Waals surface area contributed by atoms with Crippen molar-refractivity contribution in [2.75, 3.05) is 33.5 Å². The number of carbonyl (C=O) groups excluding carboxylic acids is 1. The molecule has 0 saturated carbocycles. The van der Waals surface area contributed by atoms with E-state index >= 15 is 0 Å². The van der Waals surface area contributed by atoms with Crippen LogP contribution in [0.1, 0.15) is 156 Å². The van der Waals surface area contributed by atoms with Crippen LogP contribution in [0.5, 0.6) is 0 Å². The van der Waals surface area contributed by atoms with Gasteiger partial charge in [-0.05, 0) is 44.4 Å². The quantitative estimate of drug-likeness (QED) is 0.0156. The number of halogens is 3. The number of rotatable bonds is 37. The van der Waals surface area contributed by atoms with Crippen LogP contribution in [-0.2, 0) is 41.9 Å². The zero-order valence-electron chi connectivity index (χ0n) is 36.6. The fourth-order valence-electron chi connectivity index (χ4n) is 6.76. The van der Waals surface area contributed by atoms with E-state index in [4.69, 9.17) is 72.7 Å². The Morgan fingerprint density at radius 1 is 0.831 bits per heavy atom. The summed E-state index contributed by atoms with van der Waals surface area (Å²) in [5.74, 6) is -0.658. The van der Waals surface area contributed by atoms with Crippen LogP contribution in [0, 0.1) is 11.3 Å². The third-order valence-electron chi connectivity index (χ3n) is 10.1. The molecule has 11 nitrogen and oxygen atoms in total. The van der Waals surface area contributed by atoms with Crippen LogP contribution in [-0.4, -0.2) is 79.8 Å². The van der Waals surface area contributed by atoms with Gasteiger partial charge in [-0.3, -0.25) is 23.8 Å². The Hall–Kier alpha value is -0.980. The van der Waals surface area contributed by atoms with Crippen LogP contribution in [0.4, 0.5) is 0 Å². The van der Waals surface area contributed by atoms with Crippen molar-refractivity contribution >= 4 is 54.4 Å². The lowest BCUT2D eigenvalue weighted by atomic mass is 9.95. The monoisotopic (exact) mass is 914 g/mol. The maximum absolute atomic E-state index is 14.0. The highest BCUT2D eigenvalue weighted by atomic mass is 35.6. The molecule has 1 amide bonds. The Labute approximate surface area is 372 Å². The first-order valence-corrected chi connectivity index (χ1v) is 24.8. The van der Waals surface area contributed by atoms with Crippen LogP contribution < -0.4 is 5.32 Å². The lowest BCUT2D eigenvalue weighted by molar-refractivity contribution is -0.256. The van der Waals surface area contributed by atoms with Crippen molar-refractivity contribution in [1.29, 1.82) is 5.41 Å². The Morgan fingerprint density at radius 2 is 1.37 bits per heavy atom. The van der Waals surface area contributed by atoms with Crippen molar-refractivity contribution in [3.05, 3.63) is 37.5 Å². The third kappa shape index (κ3) is 26.3. The van der Waals surface area contributed by atoms with Crippen molar-refractivity contribution in [3.63, 3.8) is 0 Å². The molecular weight excluding hydrogens is 838 g/mol. The average Bonchev–Trinajstić information content (AvgIpc) is 3.19. The molecule has 0 spiro atoms. The molecule has 15 heteroatoms. The molecule has 1 aliphatic rings. The van der Waals surface area contributed by atoms with E-state index < -0.39 is 48.2 Å². The number of methoxy groups -OCH3 is 1. The lowest BCUT2D eigenvalue weighted by Crippen LogP contribution is -2.66. The van der Waals surface area contributed by atoms with Crippen LogP contribution >= 0.6 is 42.6 Å². The van der Waals surface area contributed by atoms with Crippen LogP contribution in [0.15, 0.2) is 37.5 Å². The Bertz CT molecular complexity index is 1190. The number of hydrogen-bond acceptors (Lipinski definition) is 10. The number of phosphoric acid groups is 1. The van der Waals surface area contributed by atoms with Gasteiger partial charge in [-0.15, -0.1) is 13.2 Å². The predicted octanol–water partition coefficient (Wildman–Crippen LogP) is 12.9. The smallest absolute Gasteiger partial charge is 0.446 e. The van der Waals surface area contributed by atoms with E-state index in [1.54, 1.807) is 0 Å². The molecule has 0 bridgehead atoms. The van der Waals surface area contributed by atoms with Crippen LogP contribution in [0.25, 0.3) is 0 Å². The second-order valence-corrected chi connectivity index (χ2v) is 19.4. The highest BCUT2D eigenvalue weighted by Crippen LogP contribution is 2.52. The highest BCUT2D eigenvalue weighted by molar-refractivity contribution is 7.48. The molecule has 0 radical (unpaired) electrons. The van der Waals surface area contributed by atoms with Gasteiger partial charge in [0.05, 0.1) is 19.8 Å². The number of ether oxygens (including phenoxy) is 4. The van der Waals surface area contributed by atoms with E-state index in [9.17, 15) is 9.36 Å². The van der Waals surface area contributed by atoms with Gasteiger partial charge in [0, 0.05) is 20.1 Å². The fourth-order valence-corrected chi connectivity index (χ4v) is 8.22. The molecule has 344 valence electrons. The van der Waals surface area contributed by atoms with Crippen LogP contribution in [0.2, 0.25) is 0 Å². The molecule has 1 rings (SSSR count). The van der Waals surface area contributed by atoms with Crippen molar-refractivity contribution in [1.82, 2.24) is 5.32 Å². The number of nitrogens with one attached hydrogen (secondary N) is 2. The number of alkyl halides is 3. The summed E-state index contributed by atoms with van der Waals surface area (Å²) < 4.78 is 53.3. The van der Waals surface area contributed by atoms with Gasteiger partial charge in [0.1, 0.15) is 24.4 Å². The summed E-state index contributed by atoms with van der Waals surface area (Å²) in [7, 11) is -2.84. The Balaban J connectivity index is 3.15. The number of allylic oxidation sites excluding steroid dienone is 2. The molecule has 0 aliphatic carbocycles. The van der Waals surface area contributed by atoms with Gasteiger partial charge in [0.25, 0.3) is 3.79 Å². The summed E-state index contributed by atoms with van der Waals surface area (Å²) in [6, 6.07) is -1.10. The second-order valence-electron chi connectivity index (χ2n) is 15.5. The molecule has 2 N–H and O–H groups in total. The van der Waals surface area contributed by atoms with E-state index in [2.05, 4.69) is 51.4 Å². The summed E-state index contributed by atoms with van der Waals surface area (Å²) in [5, 5.41) is 11.4. The maximum Gasteiger partial charge on any atom is 0.475 e. The van der Waals surface area contributed by atoms with E-state index in [0.717, 1.165) is 38.5 Å². The Morgan fingerprint density at radius 3 is 1.93 bits per heavy atom. The van der Waals surface area contributed by atoms with Gasteiger partial charge >= 0.3 is 7.82 Å². The molecule has 1 fully saturated rings. The fraction of sp³-hybridized carbons (Fsp3) is 0.818. The van der Waals surface area contributed by atoms with Gasteiger partial charge < -0.3 is 24.3 Å². The minimum Gasteiger partial charge on any atom is -0.446 e. The van der Waals surface area contributed by atoms with Gasteiger partial charge in [-0.1, -0.05) is 170 Å². The first-order chi connectivity index (χ1) is 28.3. The summed E-state index contributed by atoms with van der Waals surface area (Å²) in [5.41, 5.74) is 0. The van der Waals surface area contributed by atoms with Crippen molar-refractivity contribution in [3.8, 4) is 0 Å². The van der Waals surface area contributed by atoms with E-state index in [1.807, 2.05) is 0 Å². The zero-order valence-corrected chi connectivity index (χ0v) is 39.8. The molecule has 1 unspecified atom stereocenters. The lowest BCUT2D eigenvalue weighted by Gasteiger charge is -2.46. The van der Waals surface area contributed by atoms with Gasteiger partial charge in [-0.2, -0.15) is 0 Å². The van der Waals surface area contributed by atoms with Gasteiger partial charge in [-0.25, -0.2) is 4.57 Å². The molecule has 59 heavy (non-hydrogen) atoms. The molecule has 1 saturated heterocycles. The van der Waals surface area contributed by atoms with E-state index in [0.29, 0.717) is 18.8 Å². The van der Waals surface area contributed by atoms with Crippen molar-refractivity contribution in [2.45, 2.75) is 190 Å². The molecule has 1 heterocycles. The average molecular weight is 916 g/mol. The minimum absolute atomic E-state index is 0.0843. The summed E-state index contributed by atoms with van der Waals surface area (Å²) >= 11 is 18.1. The molecule has 6 atom stereocenters. The SMILES string of the molecule is C=CCOP(=O)(OCC=C)O[C@@H]1C(COC)O[C@H](OC(=N)C(Cl)(Cl)Cl)[C@H](NC(=O)CCCCCCCCCC=CCCCCCC)[C@H]1OCC[C@H](C)CCCCCCC. The first kappa shape index (κ1) is 56.0. The van der Waals surface area contributed by atoms with Gasteiger partial charge in [0.15, 0.2) is 0 Å². The standard InChI is InChI=1S/C44H78Cl3N2O9P/c1-7-11-13-15-16-17-18-19-20-21-22-23-24-26-28-30-38(50)49-39-41(53-34-31-36(5)29-27-25-14-12-8-2)40(58-59(51,54-32-9-3)55-33-10-4)37(35-52-6)56-42(39)57-43(48)44(45,46)47/h9-10,17-18,36-37,39-42,48H,3-4,7-8,11-16,19-35H2,1-2,5-6H3,(H,49,50)/t36-,37?,39-,40-,41-,42-/m1/s1. The number of hydrogen-bond donors (Lipinski definition) is 2. The molecule has 0 aromatic carbocycles. The Kier molecular flexibility index (Phi) is 32.8.